The van der Waals surface area contributed by atoms with E-state index in [0.29, 0.717) is 0 Å². The zero-order valence-electron chi connectivity index (χ0n) is 6.76. The van der Waals surface area contributed by atoms with Crippen molar-refractivity contribution in [1.82, 2.24) is 0 Å². The van der Waals surface area contributed by atoms with Crippen molar-refractivity contribution in [2.45, 2.75) is 19.2 Å². The van der Waals surface area contributed by atoms with Crippen LogP contribution in [0, 0.1) is 0 Å². The average molecular weight is 164 g/mol. The molecule has 0 atom stereocenters. The summed E-state index contributed by atoms with van der Waals surface area (Å²) in [7, 11) is 5.86. The van der Waals surface area contributed by atoms with Crippen LogP contribution in [0.3, 0.4) is 0 Å². The number of halogens is 1. The molecule has 0 amide bonds. The molecule has 0 fully saturated rings. The number of rotatable bonds is 1. The first-order chi connectivity index (χ1) is 5.00. The van der Waals surface area contributed by atoms with Crippen LogP contribution in [0.1, 0.15) is 19.4 Å². The summed E-state index contributed by atoms with van der Waals surface area (Å²) in [6.45, 7) is 3.94. The van der Waals surface area contributed by atoms with Crippen molar-refractivity contribution in [1.29, 1.82) is 0 Å². The molecule has 0 saturated heterocycles. The first-order valence-electron chi connectivity index (χ1n) is 3.55. The van der Waals surface area contributed by atoms with Gasteiger partial charge in [0.15, 0.2) is 0 Å². The van der Waals surface area contributed by atoms with Crippen molar-refractivity contribution in [3.63, 3.8) is 0 Å². The van der Waals surface area contributed by atoms with Gasteiger partial charge in [-0.2, -0.15) is 0 Å². The number of hydrogen-bond acceptors (Lipinski definition) is 0. The molecule has 2 radical (unpaired) electrons. The second-order valence-corrected chi connectivity index (χ2v) is 3.67. The molecule has 0 heterocycles. The molecule has 0 aliphatic carbocycles. The monoisotopic (exact) mass is 164 g/mol. The normalized spacial score (nSPS) is 11.5. The Kier molecular flexibility index (Phi) is 2.29. The molecule has 0 saturated carbocycles. The summed E-state index contributed by atoms with van der Waals surface area (Å²) in [5.74, 6) is 0. The standard InChI is InChI=1S/C9H10BCl/c1-9(2,10)7-3-5-8(11)6-4-7/h3-6H,1-2H3. The third kappa shape index (κ3) is 2.26. The highest BCUT2D eigenvalue weighted by Gasteiger charge is 2.11. The van der Waals surface area contributed by atoms with E-state index in [1.165, 1.54) is 0 Å². The molecule has 0 aromatic heterocycles. The quantitative estimate of drug-likeness (QED) is 0.560. The Morgan fingerprint density at radius 3 is 2.00 bits per heavy atom. The molecule has 0 aliphatic rings. The number of benzene rings is 1. The SMILES string of the molecule is [B]C(C)(C)c1ccc(Cl)cc1. The largest absolute Gasteiger partial charge is 0.0843 e. The molecule has 0 nitrogen and oxygen atoms in total. The zero-order chi connectivity index (χ0) is 8.48. The van der Waals surface area contributed by atoms with E-state index in [-0.39, 0.29) is 5.31 Å². The average Bonchev–Trinajstić information content (AvgIpc) is 1.86. The third-order valence-electron chi connectivity index (χ3n) is 1.59. The predicted molar refractivity (Wildman–Crippen MR) is 50.2 cm³/mol. The van der Waals surface area contributed by atoms with E-state index in [2.05, 4.69) is 0 Å². The lowest BCUT2D eigenvalue weighted by molar-refractivity contribution is 0.764. The Labute approximate surface area is 74.0 Å². The summed E-state index contributed by atoms with van der Waals surface area (Å²) in [5.41, 5.74) is 1.10. The highest BCUT2D eigenvalue weighted by atomic mass is 35.5. The van der Waals surface area contributed by atoms with Crippen LogP contribution in [0.2, 0.25) is 5.02 Å². The zero-order valence-corrected chi connectivity index (χ0v) is 7.52. The fourth-order valence-electron chi connectivity index (χ4n) is 0.879. The molecule has 0 aliphatic heterocycles. The lowest BCUT2D eigenvalue weighted by atomic mass is 9.67. The lowest BCUT2D eigenvalue weighted by Crippen LogP contribution is -2.15. The van der Waals surface area contributed by atoms with E-state index in [1.54, 1.807) is 0 Å². The van der Waals surface area contributed by atoms with Crippen LogP contribution in [0.5, 0.6) is 0 Å². The molecule has 11 heavy (non-hydrogen) atoms. The maximum absolute atomic E-state index is 5.86. The lowest BCUT2D eigenvalue weighted by Gasteiger charge is -2.18. The first kappa shape index (κ1) is 8.67. The van der Waals surface area contributed by atoms with E-state index in [9.17, 15) is 0 Å². The van der Waals surface area contributed by atoms with Gasteiger partial charge in [0.1, 0.15) is 0 Å². The van der Waals surface area contributed by atoms with E-state index in [4.69, 9.17) is 19.4 Å². The minimum absolute atomic E-state index is 0.273. The molecule has 1 aromatic rings. The second kappa shape index (κ2) is 2.90. The van der Waals surface area contributed by atoms with Crippen molar-refractivity contribution < 1.29 is 0 Å². The van der Waals surface area contributed by atoms with Crippen LogP contribution >= 0.6 is 11.6 Å². The topological polar surface area (TPSA) is 0 Å². The van der Waals surface area contributed by atoms with Gasteiger partial charge in [-0.3, -0.25) is 0 Å². The first-order valence-corrected chi connectivity index (χ1v) is 3.93. The molecule has 0 N–H and O–H groups in total. The van der Waals surface area contributed by atoms with Crippen LogP contribution in [0.4, 0.5) is 0 Å². The Hall–Kier alpha value is -0.425. The Morgan fingerprint density at radius 1 is 1.18 bits per heavy atom. The molecule has 2 heteroatoms. The molecule has 0 spiro atoms. The van der Waals surface area contributed by atoms with Gasteiger partial charge in [-0.1, -0.05) is 43.1 Å². The van der Waals surface area contributed by atoms with Crippen molar-refractivity contribution in [2.75, 3.05) is 0 Å². The Balaban J connectivity index is 2.99. The van der Waals surface area contributed by atoms with Gasteiger partial charge in [0, 0.05) is 5.02 Å². The molecular weight excluding hydrogens is 154 g/mol. The van der Waals surface area contributed by atoms with Crippen LogP contribution in [0.15, 0.2) is 24.3 Å². The van der Waals surface area contributed by atoms with Gasteiger partial charge in [-0.05, 0) is 17.4 Å². The van der Waals surface area contributed by atoms with E-state index >= 15 is 0 Å². The van der Waals surface area contributed by atoms with Crippen molar-refractivity contribution >= 4 is 19.4 Å². The highest BCUT2D eigenvalue weighted by Crippen LogP contribution is 2.20. The van der Waals surface area contributed by atoms with Crippen molar-refractivity contribution in [3.05, 3.63) is 34.9 Å². The summed E-state index contributed by atoms with van der Waals surface area (Å²) in [6.07, 6.45) is 0. The minimum atomic E-state index is -0.273. The van der Waals surface area contributed by atoms with Gasteiger partial charge in [0.25, 0.3) is 0 Å². The maximum Gasteiger partial charge on any atom is 0.0802 e. The summed E-state index contributed by atoms with van der Waals surface area (Å²) in [5, 5.41) is 0.475. The van der Waals surface area contributed by atoms with E-state index < -0.39 is 0 Å². The number of hydrogen-bond donors (Lipinski definition) is 0. The molecule has 0 unspecified atom stereocenters. The van der Waals surface area contributed by atoms with Gasteiger partial charge >= 0.3 is 0 Å². The van der Waals surface area contributed by atoms with Gasteiger partial charge in [-0.15, -0.1) is 0 Å². The highest BCUT2D eigenvalue weighted by molar-refractivity contribution is 6.30. The molecule has 56 valence electrons. The van der Waals surface area contributed by atoms with Crippen molar-refractivity contribution in [3.8, 4) is 0 Å². The summed E-state index contributed by atoms with van der Waals surface area (Å²) in [4.78, 5) is 0. The van der Waals surface area contributed by atoms with E-state index in [0.717, 1.165) is 10.6 Å². The van der Waals surface area contributed by atoms with Gasteiger partial charge in [0.2, 0.25) is 0 Å². The van der Waals surface area contributed by atoms with Crippen molar-refractivity contribution in [2.24, 2.45) is 0 Å². The molecule has 1 rings (SSSR count). The molecule has 0 bridgehead atoms. The predicted octanol–water partition coefficient (Wildman–Crippen LogP) is 2.74. The fraction of sp³-hybridized carbons (Fsp3) is 0.333. The Morgan fingerprint density at radius 2 is 1.64 bits per heavy atom. The fourth-order valence-corrected chi connectivity index (χ4v) is 1.01. The molecular formula is C9H10BCl. The van der Waals surface area contributed by atoms with Crippen LogP contribution in [-0.4, -0.2) is 7.85 Å². The smallest absolute Gasteiger partial charge is 0.0802 e. The summed E-state index contributed by atoms with van der Waals surface area (Å²) >= 11 is 5.72. The summed E-state index contributed by atoms with van der Waals surface area (Å²) in [6, 6.07) is 7.60. The second-order valence-electron chi connectivity index (χ2n) is 3.23. The van der Waals surface area contributed by atoms with Gasteiger partial charge in [-0.25, -0.2) is 0 Å². The third-order valence-corrected chi connectivity index (χ3v) is 1.84. The summed E-state index contributed by atoms with van der Waals surface area (Å²) < 4.78 is 0. The van der Waals surface area contributed by atoms with Gasteiger partial charge in [0.05, 0.1) is 7.85 Å². The van der Waals surface area contributed by atoms with Crippen LogP contribution < -0.4 is 0 Å². The van der Waals surface area contributed by atoms with Crippen LogP contribution in [-0.2, 0) is 5.31 Å². The molecule has 1 aromatic carbocycles. The van der Waals surface area contributed by atoms with Crippen LogP contribution in [0.25, 0.3) is 0 Å². The maximum atomic E-state index is 5.86. The van der Waals surface area contributed by atoms with E-state index in [1.807, 2.05) is 38.1 Å². The minimum Gasteiger partial charge on any atom is -0.0843 e. The van der Waals surface area contributed by atoms with Gasteiger partial charge < -0.3 is 0 Å². The Bertz CT molecular complexity index is 233.